The molecule has 1 aromatic rings. The van der Waals surface area contributed by atoms with Crippen molar-refractivity contribution < 1.29 is 14.5 Å². The van der Waals surface area contributed by atoms with Crippen molar-refractivity contribution in [3.05, 3.63) is 39.9 Å². The quantitative estimate of drug-likeness (QED) is 0.265. The topological polar surface area (TPSA) is 69.4 Å². The van der Waals surface area contributed by atoms with Gasteiger partial charge in [-0.05, 0) is 24.6 Å². The Kier molecular flexibility index (Phi) is 4.71. The monoisotopic (exact) mass is 253 g/mol. The van der Waals surface area contributed by atoms with Crippen LogP contribution < -0.4 is 0 Å². The lowest BCUT2D eigenvalue weighted by atomic mass is 10.1. The van der Waals surface area contributed by atoms with Gasteiger partial charge in [-0.15, -0.1) is 0 Å². The van der Waals surface area contributed by atoms with Gasteiger partial charge in [-0.3, -0.25) is 14.9 Å². The Hall–Kier alpha value is -1.82. The number of carbonyl (C=O) groups excluding carboxylic acids is 1. The number of nitro groups is 1. The van der Waals surface area contributed by atoms with Gasteiger partial charge < -0.3 is 4.74 Å². The second kappa shape index (κ2) is 6.05. The van der Waals surface area contributed by atoms with Crippen LogP contribution >= 0.6 is 12.2 Å². The molecular weight excluding hydrogens is 242 g/mol. The third kappa shape index (κ3) is 3.92. The maximum atomic E-state index is 11.2. The van der Waals surface area contributed by atoms with Crippen LogP contribution in [0.25, 0.3) is 0 Å². The van der Waals surface area contributed by atoms with Crippen molar-refractivity contribution in [2.75, 3.05) is 6.61 Å². The van der Waals surface area contributed by atoms with Gasteiger partial charge in [0.2, 0.25) is 0 Å². The lowest BCUT2D eigenvalue weighted by molar-refractivity contribution is -0.384. The minimum absolute atomic E-state index is 0.00677. The summed E-state index contributed by atoms with van der Waals surface area (Å²) in [6, 6.07) is 5.76. The molecule has 1 rings (SSSR count). The molecule has 6 heteroatoms. The molecular formula is C11H11NO4S. The Morgan fingerprint density at radius 3 is 2.47 bits per heavy atom. The molecule has 5 nitrogen and oxygen atoms in total. The number of esters is 1. The number of benzene rings is 1. The Bertz CT molecular complexity index is 441. The van der Waals surface area contributed by atoms with Crippen molar-refractivity contribution in [1.29, 1.82) is 0 Å². The van der Waals surface area contributed by atoms with Crippen LogP contribution in [0.2, 0.25) is 0 Å². The summed E-state index contributed by atoms with van der Waals surface area (Å²) in [7, 11) is 0. The summed E-state index contributed by atoms with van der Waals surface area (Å²) in [6.07, 6.45) is 0.0149. The van der Waals surface area contributed by atoms with E-state index in [1.54, 1.807) is 6.92 Å². The molecule has 0 bridgehead atoms. The van der Waals surface area contributed by atoms with Crippen LogP contribution in [-0.2, 0) is 9.53 Å². The van der Waals surface area contributed by atoms with Gasteiger partial charge in [-0.1, -0.05) is 12.2 Å². The molecule has 17 heavy (non-hydrogen) atoms. The summed E-state index contributed by atoms with van der Waals surface area (Å²) in [5.74, 6) is -0.393. The maximum absolute atomic E-state index is 11.2. The van der Waals surface area contributed by atoms with E-state index in [4.69, 9.17) is 17.0 Å². The number of rotatable bonds is 5. The van der Waals surface area contributed by atoms with Gasteiger partial charge in [-0.25, -0.2) is 0 Å². The second-order valence-corrected chi connectivity index (χ2v) is 3.70. The van der Waals surface area contributed by atoms with Gasteiger partial charge in [0.15, 0.2) is 0 Å². The molecule has 0 aliphatic carbocycles. The van der Waals surface area contributed by atoms with Crippen molar-refractivity contribution in [3.8, 4) is 0 Å². The van der Waals surface area contributed by atoms with Gasteiger partial charge in [0.25, 0.3) is 5.69 Å². The molecule has 0 saturated carbocycles. The normalized spacial score (nSPS) is 9.71. The van der Waals surface area contributed by atoms with Crippen molar-refractivity contribution >= 4 is 28.7 Å². The highest BCUT2D eigenvalue weighted by molar-refractivity contribution is 7.80. The first-order chi connectivity index (χ1) is 8.04. The fourth-order valence-electron chi connectivity index (χ4n) is 1.21. The summed E-state index contributed by atoms with van der Waals surface area (Å²) in [6.45, 7) is 2.02. The molecule has 0 saturated heterocycles. The number of non-ortho nitro benzene ring substituents is 1. The Morgan fingerprint density at radius 2 is 2.00 bits per heavy atom. The second-order valence-electron chi connectivity index (χ2n) is 3.21. The Labute approximate surface area is 104 Å². The average Bonchev–Trinajstić information content (AvgIpc) is 2.29. The van der Waals surface area contributed by atoms with E-state index in [0.717, 1.165) is 0 Å². The number of hydrogen-bond acceptors (Lipinski definition) is 5. The standard InChI is InChI=1S/C11H11NO4S/c1-2-16-11(13)7-10(17)8-3-5-9(6-4-8)12(14)15/h3-6H,2,7H2,1H3. The summed E-state index contributed by atoms with van der Waals surface area (Å²) in [4.78, 5) is 21.6. The lowest BCUT2D eigenvalue weighted by Crippen LogP contribution is -2.10. The molecule has 0 aromatic heterocycles. The molecule has 0 fully saturated rings. The Balaban J connectivity index is 2.70. The fraction of sp³-hybridized carbons (Fsp3) is 0.273. The van der Waals surface area contributed by atoms with E-state index in [-0.39, 0.29) is 12.1 Å². The molecule has 0 atom stereocenters. The van der Waals surface area contributed by atoms with Gasteiger partial charge in [-0.2, -0.15) is 0 Å². The molecule has 0 N–H and O–H groups in total. The van der Waals surface area contributed by atoms with Crippen LogP contribution in [-0.4, -0.2) is 22.4 Å². The van der Waals surface area contributed by atoms with E-state index in [1.165, 1.54) is 24.3 Å². The van der Waals surface area contributed by atoms with Gasteiger partial charge in [0.1, 0.15) is 0 Å². The lowest BCUT2D eigenvalue weighted by Gasteiger charge is -2.03. The molecule has 0 unspecified atom stereocenters. The third-order valence-corrected chi connectivity index (χ3v) is 2.39. The summed E-state index contributed by atoms with van der Waals surface area (Å²) < 4.78 is 4.76. The zero-order valence-electron chi connectivity index (χ0n) is 9.21. The van der Waals surface area contributed by atoms with Crippen LogP contribution in [0.3, 0.4) is 0 Å². The highest BCUT2D eigenvalue weighted by Crippen LogP contribution is 2.14. The van der Waals surface area contributed by atoms with Gasteiger partial charge >= 0.3 is 5.97 Å². The van der Waals surface area contributed by atoms with E-state index >= 15 is 0 Å². The average molecular weight is 253 g/mol. The minimum Gasteiger partial charge on any atom is -0.466 e. The predicted octanol–water partition coefficient (Wildman–Crippen LogP) is 2.27. The van der Waals surface area contributed by atoms with E-state index in [9.17, 15) is 14.9 Å². The number of nitrogens with zero attached hydrogens (tertiary/aromatic N) is 1. The zero-order valence-corrected chi connectivity index (χ0v) is 10.0. The first-order valence-electron chi connectivity index (χ1n) is 4.98. The number of ether oxygens (including phenoxy) is 1. The van der Waals surface area contributed by atoms with Crippen molar-refractivity contribution in [2.24, 2.45) is 0 Å². The van der Waals surface area contributed by atoms with Gasteiger partial charge in [0.05, 0.1) is 18.0 Å². The summed E-state index contributed by atoms with van der Waals surface area (Å²) in [5.41, 5.74) is 0.617. The smallest absolute Gasteiger partial charge is 0.311 e. The first-order valence-corrected chi connectivity index (χ1v) is 5.38. The maximum Gasteiger partial charge on any atom is 0.311 e. The van der Waals surface area contributed by atoms with Crippen molar-refractivity contribution in [3.63, 3.8) is 0 Å². The van der Waals surface area contributed by atoms with Crippen LogP contribution in [0.15, 0.2) is 24.3 Å². The molecule has 0 spiro atoms. The summed E-state index contributed by atoms with van der Waals surface area (Å²) in [5, 5.41) is 10.4. The molecule has 0 amide bonds. The van der Waals surface area contributed by atoms with Crippen LogP contribution in [0.4, 0.5) is 5.69 Å². The number of thiocarbonyl (C=S) groups is 1. The molecule has 90 valence electrons. The van der Waals surface area contributed by atoms with Crippen molar-refractivity contribution in [1.82, 2.24) is 0 Å². The molecule has 0 radical (unpaired) electrons. The zero-order chi connectivity index (χ0) is 12.8. The third-order valence-electron chi connectivity index (χ3n) is 2.01. The summed E-state index contributed by atoms with van der Waals surface area (Å²) >= 11 is 5.05. The molecule has 1 aromatic carbocycles. The molecule has 0 aliphatic rings. The van der Waals surface area contributed by atoms with E-state index in [1.807, 2.05) is 0 Å². The van der Waals surface area contributed by atoms with Gasteiger partial charge in [0, 0.05) is 17.0 Å². The first kappa shape index (κ1) is 13.2. The number of nitro benzene ring substituents is 1. The van der Waals surface area contributed by atoms with Crippen LogP contribution in [0.1, 0.15) is 18.9 Å². The van der Waals surface area contributed by atoms with E-state index in [0.29, 0.717) is 17.0 Å². The number of hydrogen-bond donors (Lipinski definition) is 0. The van der Waals surface area contributed by atoms with Crippen LogP contribution in [0.5, 0.6) is 0 Å². The van der Waals surface area contributed by atoms with E-state index < -0.39 is 10.9 Å². The largest absolute Gasteiger partial charge is 0.466 e. The Morgan fingerprint density at radius 1 is 1.41 bits per heavy atom. The predicted molar refractivity (Wildman–Crippen MR) is 66.0 cm³/mol. The number of carbonyl (C=O) groups is 1. The minimum atomic E-state index is -0.488. The highest BCUT2D eigenvalue weighted by atomic mass is 32.1. The van der Waals surface area contributed by atoms with E-state index in [2.05, 4.69) is 0 Å². The SMILES string of the molecule is CCOC(=O)CC(=S)c1ccc([N+](=O)[O-])cc1. The van der Waals surface area contributed by atoms with Crippen LogP contribution in [0, 0.1) is 10.1 Å². The fourth-order valence-corrected chi connectivity index (χ4v) is 1.47. The molecule has 0 heterocycles. The van der Waals surface area contributed by atoms with Crippen molar-refractivity contribution in [2.45, 2.75) is 13.3 Å². The highest BCUT2D eigenvalue weighted by Gasteiger charge is 2.10. The molecule has 0 aliphatic heterocycles.